The molecule has 4 nitrogen and oxygen atoms in total. The Balaban J connectivity index is 1.97. The van der Waals surface area contributed by atoms with Gasteiger partial charge in [-0.3, -0.25) is 0 Å². The first-order chi connectivity index (χ1) is 8.50. The Labute approximate surface area is 109 Å². The molecule has 100 valence electrons. The van der Waals surface area contributed by atoms with Gasteiger partial charge in [-0.15, -0.1) is 0 Å². The van der Waals surface area contributed by atoms with Crippen molar-refractivity contribution in [3.63, 3.8) is 0 Å². The number of rotatable bonds is 4. The summed E-state index contributed by atoms with van der Waals surface area (Å²) in [6, 6.07) is 8.09. The Hall–Kier alpha value is -1.07. The molecule has 1 fully saturated rings. The Morgan fingerprint density at radius 1 is 1.33 bits per heavy atom. The summed E-state index contributed by atoms with van der Waals surface area (Å²) in [5, 5.41) is 0. The highest BCUT2D eigenvalue weighted by Crippen LogP contribution is 2.22. The van der Waals surface area contributed by atoms with Gasteiger partial charge in [0.15, 0.2) is 9.84 Å². The normalized spacial score (nSPS) is 22.0. The molecule has 0 bridgehead atoms. The quantitative estimate of drug-likeness (QED) is 0.885. The lowest BCUT2D eigenvalue weighted by molar-refractivity contribution is 0.582. The standard InChI is InChI=1S/C13H20N2O2S/c1-15(9-12-6-7-18(16,17)10-12)13-4-2-11(8-14)3-5-13/h2-5,12H,6-10,14H2,1H3. The van der Waals surface area contributed by atoms with Gasteiger partial charge >= 0.3 is 0 Å². The van der Waals surface area contributed by atoms with Crippen molar-refractivity contribution in [3.8, 4) is 0 Å². The van der Waals surface area contributed by atoms with E-state index in [4.69, 9.17) is 5.73 Å². The van der Waals surface area contributed by atoms with Gasteiger partial charge in [0, 0.05) is 25.8 Å². The fourth-order valence-corrected chi connectivity index (χ4v) is 4.24. The van der Waals surface area contributed by atoms with Crippen molar-refractivity contribution in [1.82, 2.24) is 0 Å². The van der Waals surface area contributed by atoms with Crippen LogP contribution in [0.15, 0.2) is 24.3 Å². The average Bonchev–Trinajstić information content (AvgIpc) is 2.68. The molecule has 1 heterocycles. The summed E-state index contributed by atoms with van der Waals surface area (Å²) in [7, 11) is -0.775. The topological polar surface area (TPSA) is 63.4 Å². The molecule has 1 unspecified atom stereocenters. The number of nitrogens with zero attached hydrogens (tertiary/aromatic N) is 1. The number of hydrogen-bond acceptors (Lipinski definition) is 4. The van der Waals surface area contributed by atoms with Gasteiger partial charge in [0.05, 0.1) is 11.5 Å². The summed E-state index contributed by atoms with van der Waals surface area (Å²) < 4.78 is 22.8. The van der Waals surface area contributed by atoms with E-state index in [0.29, 0.717) is 18.1 Å². The first kappa shape index (κ1) is 13.4. The van der Waals surface area contributed by atoms with Crippen LogP contribution in [0.25, 0.3) is 0 Å². The van der Waals surface area contributed by atoms with Crippen LogP contribution in [-0.2, 0) is 16.4 Å². The maximum Gasteiger partial charge on any atom is 0.150 e. The minimum absolute atomic E-state index is 0.259. The Bertz CT molecular complexity index is 496. The van der Waals surface area contributed by atoms with E-state index >= 15 is 0 Å². The third kappa shape index (κ3) is 3.23. The van der Waals surface area contributed by atoms with E-state index in [-0.39, 0.29) is 5.92 Å². The maximum absolute atomic E-state index is 11.4. The maximum atomic E-state index is 11.4. The fourth-order valence-electron chi connectivity index (χ4n) is 2.40. The Morgan fingerprint density at radius 2 is 2.00 bits per heavy atom. The number of sulfone groups is 1. The third-order valence-corrected chi connectivity index (χ3v) is 5.31. The van der Waals surface area contributed by atoms with E-state index in [1.54, 1.807) is 0 Å². The first-order valence-electron chi connectivity index (χ1n) is 6.21. The van der Waals surface area contributed by atoms with E-state index in [9.17, 15) is 8.42 Å². The van der Waals surface area contributed by atoms with Gasteiger partial charge in [-0.25, -0.2) is 8.42 Å². The Morgan fingerprint density at radius 3 is 2.50 bits per heavy atom. The largest absolute Gasteiger partial charge is 0.374 e. The van der Waals surface area contributed by atoms with Crippen molar-refractivity contribution in [1.29, 1.82) is 0 Å². The van der Waals surface area contributed by atoms with Crippen molar-refractivity contribution in [2.75, 3.05) is 30.0 Å². The van der Waals surface area contributed by atoms with Gasteiger partial charge in [-0.1, -0.05) is 12.1 Å². The van der Waals surface area contributed by atoms with Crippen LogP contribution in [0.3, 0.4) is 0 Å². The molecule has 1 saturated heterocycles. The number of anilines is 1. The molecule has 18 heavy (non-hydrogen) atoms. The summed E-state index contributed by atoms with van der Waals surface area (Å²) in [5.41, 5.74) is 7.77. The molecule has 0 amide bonds. The van der Waals surface area contributed by atoms with Crippen LogP contribution in [0.4, 0.5) is 5.69 Å². The molecule has 2 rings (SSSR count). The van der Waals surface area contributed by atoms with Crippen LogP contribution in [-0.4, -0.2) is 33.5 Å². The molecule has 0 spiro atoms. The smallest absolute Gasteiger partial charge is 0.150 e. The minimum Gasteiger partial charge on any atom is -0.374 e. The molecule has 1 aromatic carbocycles. The van der Waals surface area contributed by atoms with Crippen LogP contribution in [0.5, 0.6) is 0 Å². The van der Waals surface area contributed by atoms with Gasteiger partial charge in [-0.05, 0) is 30.0 Å². The monoisotopic (exact) mass is 268 g/mol. The average molecular weight is 268 g/mol. The molecular formula is C13H20N2O2S. The minimum atomic E-state index is -2.78. The summed E-state index contributed by atoms with van der Waals surface area (Å²) in [4.78, 5) is 2.12. The number of nitrogens with two attached hydrogens (primary N) is 1. The number of benzene rings is 1. The highest BCUT2D eigenvalue weighted by atomic mass is 32.2. The van der Waals surface area contributed by atoms with Gasteiger partial charge in [-0.2, -0.15) is 0 Å². The molecule has 2 N–H and O–H groups in total. The van der Waals surface area contributed by atoms with E-state index in [0.717, 1.165) is 24.2 Å². The van der Waals surface area contributed by atoms with Gasteiger partial charge in [0.2, 0.25) is 0 Å². The van der Waals surface area contributed by atoms with Crippen molar-refractivity contribution >= 4 is 15.5 Å². The van der Waals surface area contributed by atoms with Crippen molar-refractivity contribution in [3.05, 3.63) is 29.8 Å². The molecule has 0 aromatic heterocycles. The van der Waals surface area contributed by atoms with Crippen LogP contribution in [0.1, 0.15) is 12.0 Å². The first-order valence-corrected chi connectivity index (χ1v) is 8.03. The van der Waals surface area contributed by atoms with Crippen LogP contribution >= 0.6 is 0 Å². The zero-order valence-corrected chi connectivity index (χ0v) is 11.5. The zero-order chi connectivity index (χ0) is 13.2. The molecule has 5 heteroatoms. The molecule has 0 radical (unpaired) electrons. The van der Waals surface area contributed by atoms with E-state index in [1.165, 1.54) is 0 Å². The Kier molecular flexibility index (Phi) is 3.92. The number of hydrogen-bond donors (Lipinski definition) is 1. The molecule has 0 saturated carbocycles. The highest BCUT2D eigenvalue weighted by Gasteiger charge is 2.28. The molecule has 1 aliphatic rings. The second-order valence-corrected chi connectivity index (χ2v) is 7.25. The summed E-state index contributed by atoms with van der Waals surface area (Å²) >= 11 is 0. The summed E-state index contributed by atoms with van der Waals surface area (Å²) in [6.45, 7) is 1.34. The summed E-state index contributed by atoms with van der Waals surface area (Å²) in [5.74, 6) is 0.935. The second kappa shape index (κ2) is 5.28. The molecule has 1 atom stereocenters. The van der Waals surface area contributed by atoms with Crippen molar-refractivity contribution in [2.45, 2.75) is 13.0 Å². The van der Waals surface area contributed by atoms with Crippen LogP contribution in [0, 0.1) is 5.92 Å². The van der Waals surface area contributed by atoms with Gasteiger partial charge < -0.3 is 10.6 Å². The van der Waals surface area contributed by atoms with Crippen LogP contribution in [0.2, 0.25) is 0 Å². The molecular weight excluding hydrogens is 248 g/mol. The predicted octanol–water partition coefficient (Wildman–Crippen LogP) is 1.02. The van der Waals surface area contributed by atoms with Crippen LogP contribution < -0.4 is 10.6 Å². The van der Waals surface area contributed by atoms with Crippen molar-refractivity contribution < 1.29 is 8.42 Å². The van der Waals surface area contributed by atoms with E-state index in [1.807, 2.05) is 31.3 Å². The predicted molar refractivity (Wildman–Crippen MR) is 74.4 cm³/mol. The fraction of sp³-hybridized carbons (Fsp3) is 0.538. The third-order valence-electron chi connectivity index (χ3n) is 3.47. The van der Waals surface area contributed by atoms with E-state index < -0.39 is 9.84 Å². The van der Waals surface area contributed by atoms with E-state index in [2.05, 4.69) is 4.90 Å². The SMILES string of the molecule is CN(CC1CCS(=O)(=O)C1)c1ccc(CN)cc1. The lowest BCUT2D eigenvalue weighted by Crippen LogP contribution is -2.26. The molecule has 0 aliphatic carbocycles. The lowest BCUT2D eigenvalue weighted by Gasteiger charge is -2.22. The lowest BCUT2D eigenvalue weighted by atomic mass is 10.1. The van der Waals surface area contributed by atoms with Crippen molar-refractivity contribution in [2.24, 2.45) is 11.7 Å². The van der Waals surface area contributed by atoms with Gasteiger partial charge in [0.1, 0.15) is 0 Å². The van der Waals surface area contributed by atoms with Gasteiger partial charge in [0.25, 0.3) is 0 Å². The second-order valence-electron chi connectivity index (χ2n) is 5.02. The summed E-state index contributed by atoms with van der Waals surface area (Å²) in [6.07, 6.45) is 0.785. The molecule has 1 aromatic rings. The molecule has 1 aliphatic heterocycles. The highest BCUT2D eigenvalue weighted by molar-refractivity contribution is 7.91. The zero-order valence-electron chi connectivity index (χ0n) is 10.7.